The number of nitrogens with one attached hydrogen (secondary N) is 1. The highest BCUT2D eigenvalue weighted by atomic mass is 35.5. The van der Waals surface area contributed by atoms with Crippen LogP contribution >= 0.6 is 11.6 Å². The van der Waals surface area contributed by atoms with Gasteiger partial charge in [0, 0.05) is 18.9 Å². The van der Waals surface area contributed by atoms with Crippen LogP contribution < -0.4 is 5.32 Å². The molecule has 16 heavy (non-hydrogen) atoms. The molecule has 4 heteroatoms. The standard InChI is InChI=1S/C12H12ClN3/c13-11(10-5-2-1-3-6-10)9-16-12-14-7-4-8-15-12/h1-8,11H,9H2,(H,14,15,16). The average molecular weight is 234 g/mol. The van der Waals surface area contributed by atoms with Crippen molar-refractivity contribution in [2.45, 2.75) is 5.38 Å². The minimum Gasteiger partial charge on any atom is -0.352 e. The number of hydrogen-bond acceptors (Lipinski definition) is 3. The molecule has 1 N–H and O–H groups in total. The third-order valence-electron chi connectivity index (χ3n) is 2.17. The minimum absolute atomic E-state index is 0.0787. The molecule has 2 rings (SSSR count). The van der Waals surface area contributed by atoms with Crippen LogP contribution in [-0.4, -0.2) is 16.5 Å². The fraction of sp³-hybridized carbons (Fsp3) is 0.167. The minimum atomic E-state index is -0.0787. The fourth-order valence-electron chi connectivity index (χ4n) is 1.35. The van der Waals surface area contributed by atoms with Gasteiger partial charge in [-0.3, -0.25) is 0 Å². The maximum atomic E-state index is 6.24. The Kier molecular flexibility index (Phi) is 3.72. The molecule has 0 radical (unpaired) electrons. The summed E-state index contributed by atoms with van der Waals surface area (Å²) in [4.78, 5) is 8.13. The van der Waals surface area contributed by atoms with E-state index in [0.717, 1.165) is 5.56 Å². The summed E-state index contributed by atoms with van der Waals surface area (Å²) in [5.41, 5.74) is 1.09. The second kappa shape index (κ2) is 5.47. The summed E-state index contributed by atoms with van der Waals surface area (Å²) in [7, 11) is 0. The van der Waals surface area contributed by atoms with Crippen molar-refractivity contribution in [1.29, 1.82) is 0 Å². The van der Waals surface area contributed by atoms with Gasteiger partial charge in [-0.2, -0.15) is 0 Å². The van der Waals surface area contributed by atoms with Gasteiger partial charge < -0.3 is 5.32 Å². The molecule has 0 aliphatic carbocycles. The molecular weight excluding hydrogens is 222 g/mol. The van der Waals surface area contributed by atoms with Crippen molar-refractivity contribution < 1.29 is 0 Å². The highest BCUT2D eigenvalue weighted by molar-refractivity contribution is 6.21. The predicted octanol–water partition coefficient (Wildman–Crippen LogP) is 2.87. The number of benzene rings is 1. The first kappa shape index (κ1) is 10.9. The van der Waals surface area contributed by atoms with Gasteiger partial charge in [0.1, 0.15) is 0 Å². The lowest BCUT2D eigenvalue weighted by Gasteiger charge is -2.10. The molecular formula is C12H12ClN3. The lowest BCUT2D eigenvalue weighted by atomic mass is 10.1. The number of hydrogen-bond donors (Lipinski definition) is 1. The molecule has 1 aromatic heterocycles. The van der Waals surface area contributed by atoms with E-state index in [0.29, 0.717) is 12.5 Å². The van der Waals surface area contributed by atoms with Crippen LogP contribution in [0.3, 0.4) is 0 Å². The summed E-state index contributed by atoms with van der Waals surface area (Å²) in [6.45, 7) is 0.607. The summed E-state index contributed by atoms with van der Waals surface area (Å²) in [6.07, 6.45) is 3.39. The molecule has 3 nitrogen and oxygen atoms in total. The molecule has 2 aromatic rings. The summed E-state index contributed by atoms with van der Waals surface area (Å²) in [5, 5.41) is 3.01. The molecule has 0 fully saturated rings. The quantitative estimate of drug-likeness (QED) is 0.826. The van der Waals surface area contributed by atoms with Gasteiger partial charge >= 0.3 is 0 Å². The number of alkyl halides is 1. The molecule has 0 aliphatic rings. The third-order valence-corrected chi connectivity index (χ3v) is 2.57. The topological polar surface area (TPSA) is 37.8 Å². The highest BCUT2D eigenvalue weighted by Gasteiger charge is 2.06. The molecule has 1 aromatic carbocycles. The number of rotatable bonds is 4. The molecule has 0 amide bonds. The Bertz CT molecular complexity index is 419. The SMILES string of the molecule is ClC(CNc1ncccn1)c1ccccc1. The van der Waals surface area contributed by atoms with Crippen molar-refractivity contribution in [3.63, 3.8) is 0 Å². The summed E-state index contributed by atoms with van der Waals surface area (Å²) in [5.74, 6) is 0.601. The molecule has 82 valence electrons. The number of nitrogens with zero attached hydrogens (tertiary/aromatic N) is 2. The summed E-state index contributed by atoms with van der Waals surface area (Å²) in [6, 6.07) is 11.7. The molecule has 1 heterocycles. The molecule has 0 spiro atoms. The molecule has 1 atom stereocenters. The Labute approximate surface area is 99.5 Å². The zero-order chi connectivity index (χ0) is 11.2. The Morgan fingerprint density at radius 1 is 1.06 bits per heavy atom. The van der Waals surface area contributed by atoms with Crippen molar-refractivity contribution in [3.8, 4) is 0 Å². The van der Waals surface area contributed by atoms with Crippen LogP contribution in [0.25, 0.3) is 0 Å². The maximum Gasteiger partial charge on any atom is 0.222 e. The van der Waals surface area contributed by atoms with Crippen molar-refractivity contribution >= 4 is 17.5 Å². The van der Waals surface area contributed by atoms with E-state index in [4.69, 9.17) is 11.6 Å². The Hall–Kier alpha value is -1.61. The number of anilines is 1. The molecule has 1 unspecified atom stereocenters. The van der Waals surface area contributed by atoms with E-state index >= 15 is 0 Å². The summed E-state index contributed by atoms with van der Waals surface area (Å²) < 4.78 is 0. The van der Waals surface area contributed by atoms with Crippen LogP contribution in [0.5, 0.6) is 0 Å². The zero-order valence-corrected chi connectivity index (χ0v) is 9.43. The van der Waals surface area contributed by atoms with Crippen molar-refractivity contribution in [1.82, 2.24) is 9.97 Å². The normalized spacial score (nSPS) is 12.1. The second-order valence-electron chi connectivity index (χ2n) is 3.33. The third kappa shape index (κ3) is 2.94. The zero-order valence-electron chi connectivity index (χ0n) is 8.68. The van der Waals surface area contributed by atoms with Gasteiger partial charge in [-0.1, -0.05) is 30.3 Å². The Morgan fingerprint density at radius 3 is 2.44 bits per heavy atom. The second-order valence-corrected chi connectivity index (χ2v) is 3.86. The molecule has 0 bridgehead atoms. The van der Waals surface area contributed by atoms with E-state index in [-0.39, 0.29) is 5.38 Å². The molecule has 0 saturated carbocycles. The van der Waals surface area contributed by atoms with E-state index in [9.17, 15) is 0 Å². The predicted molar refractivity (Wildman–Crippen MR) is 65.6 cm³/mol. The van der Waals surface area contributed by atoms with Gasteiger partial charge in [0.05, 0.1) is 5.38 Å². The van der Waals surface area contributed by atoms with Crippen molar-refractivity contribution in [2.75, 3.05) is 11.9 Å². The fourth-order valence-corrected chi connectivity index (χ4v) is 1.57. The van der Waals surface area contributed by atoms with Gasteiger partial charge in [-0.15, -0.1) is 11.6 Å². The van der Waals surface area contributed by atoms with E-state index in [2.05, 4.69) is 15.3 Å². The lowest BCUT2D eigenvalue weighted by molar-refractivity contribution is 0.950. The monoisotopic (exact) mass is 233 g/mol. The van der Waals surface area contributed by atoms with Gasteiger partial charge in [-0.05, 0) is 11.6 Å². The highest BCUT2D eigenvalue weighted by Crippen LogP contribution is 2.19. The number of aromatic nitrogens is 2. The van der Waals surface area contributed by atoms with Crippen LogP contribution in [0.2, 0.25) is 0 Å². The Morgan fingerprint density at radius 2 is 1.75 bits per heavy atom. The smallest absolute Gasteiger partial charge is 0.222 e. The van der Waals surface area contributed by atoms with E-state index in [1.54, 1.807) is 18.5 Å². The van der Waals surface area contributed by atoms with Crippen LogP contribution in [-0.2, 0) is 0 Å². The van der Waals surface area contributed by atoms with Gasteiger partial charge in [0.15, 0.2) is 0 Å². The van der Waals surface area contributed by atoms with Gasteiger partial charge in [-0.25, -0.2) is 9.97 Å². The molecule has 0 aliphatic heterocycles. The number of halogens is 1. The van der Waals surface area contributed by atoms with Crippen LogP contribution in [0.4, 0.5) is 5.95 Å². The van der Waals surface area contributed by atoms with Crippen molar-refractivity contribution in [3.05, 3.63) is 54.4 Å². The van der Waals surface area contributed by atoms with Crippen LogP contribution in [0.1, 0.15) is 10.9 Å². The van der Waals surface area contributed by atoms with Crippen molar-refractivity contribution in [2.24, 2.45) is 0 Å². The Balaban J connectivity index is 1.92. The van der Waals surface area contributed by atoms with E-state index < -0.39 is 0 Å². The average Bonchev–Trinajstić information content (AvgIpc) is 2.38. The first-order valence-electron chi connectivity index (χ1n) is 5.06. The first-order valence-corrected chi connectivity index (χ1v) is 5.50. The molecule has 0 saturated heterocycles. The largest absolute Gasteiger partial charge is 0.352 e. The first-order chi connectivity index (χ1) is 7.86. The van der Waals surface area contributed by atoms with Crippen LogP contribution in [0, 0.1) is 0 Å². The summed E-state index contributed by atoms with van der Waals surface area (Å²) >= 11 is 6.24. The maximum absolute atomic E-state index is 6.24. The lowest BCUT2D eigenvalue weighted by Crippen LogP contribution is -2.10. The van der Waals surface area contributed by atoms with Crippen LogP contribution in [0.15, 0.2) is 48.8 Å². The van der Waals surface area contributed by atoms with Gasteiger partial charge in [0.2, 0.25) is 5.95 Å². The van der Waals surface area contributed by atoms with E-state index in [1.807, 2.05) is 30.3 Å². The van der Waals surface area contributed by atoms with Gasteiger partial charge in [0.25, 0.3) is 0 Å². The van der Waals surface area contributed by atoms with E-state index in [1.165, 1.54) is 0 Å².